The first kappa shape index (κ1) is 24.3. The number of hydrogen-bond acceptors (Lipinski definition) is 6. The van der Waals surface area contributed by atoms with Crippen LogP contribution < -0.4 is 16.8 Å². The number of halogens is 1. The van der Waals surface area contributed by atoms with Crippen molar-refractivity contribution in [3.8, 4) is 0 Å². The van der Waals surface area contributed by atoms with Gasteiger partial charge in [-0.3, -0.25) is 4.79 Å². The number of carbonyl (C=O) groups excluding carboxylic acids is 1. The normalized spacial score (nSPS) is 15.4. The van der Waals surface area contributed by atoms with Gasteiger partial charge in [-0.15, -0.1) is 22.7 Å². The van der Waals surface area contributed by atoms with Crippen molar-refractivity contribution in [1.29, 1.82) is 0 Å². The second-order valence-electron chi connectivity index (χ2n) is 6.66. The molecular weight excluding hydrogens is 436 g/mol. The molecule has 0 fully saturated rings. The Labute approximate surface area is 191 Å². The van der Waals surface area contributed by atoms with Crippen molar-refractivity contribution in [1.82, 2.24) is 4.98 Å². The Hall–Kier alpha value is -1.93. The molecule has 4 rings (SSSR count). The molecule has 5 nitrogen and oxygen atoms in total. The first-order chi connectivity index (χ1) is 14.4. The fraction of sp³-hybridized carbons (Fsp3) is 0.364. The number of nitrogens with one attached hydrogen (secondary N) is 1. The summed E-state index contributed by atoms with van der Waals surface area (Å²) in [6.45, 7) is 6.88. The highest BCUT2D eigenvalue weighted by atomic mass is 35.5. The first-order valence-electron chi connectivity index (χ1n) is 9.99. The maximum atomic E-state index is 10.6. The Bertz CT molecular complexity index is 983. The minimum atomic E-state index is -0.324. The van der Waals surface area contributed by atoms with Crippen LogP contribution in [0.2, 0.25) is 5.15 Å². The fourth-order valence-corrected chi connectivity index (χ4v) is 4.78. The quantitative estimate of drug-likeness (QED) is 0.421. The van der Waals surface area contributed by atoms with E-state index < -0.39 is 0 Å². The molecule has 1 aliphatic rings. The zero-order chi connectivity index (χ0) is 22.1. The van der Waals surface area contributed by atoms with Crippen LogP contribution in [0.15, 0.2) is 40.6 Å². The highest BCUT2D eigenvalue weighted by Gasteiger charge is 2.14. The van der Waals surface area contributed by atoms with Gasteiger partial charge in [0.25, 0.3) is 0 Å². The molecule has 1 aliphatic carbocycles. The molecule has 8 heteroatoms. The zero-order valence-corrected chi connectivity index (χ0v) is 20.0. The molecule has 1 unspecified atom stereocenters. The smallest absolute Gasteiger partial charge is 0.244 e. The molecule has 162 valence electrons. The third-order valence-corrected chi connectivity index (χ3v) is 6.62. The van der Waals surface area contributed by atoms with Crippen LogP contribution in [0.25, 0.3) is 10.2 Å². The minimum Gasteiger partial charge on any atom is -0.379 e. The van der Waals surface area contributed by atoms with E-state index in [0.717, 1.165) is 30.6 Å². The number of nitrogens with two attached hydrogens (primary N) is 2. The summed E-state index contributed by atoms with van der Waals surface area (Å²) in [4.78, 5) is 16.3. The molecule has 0 aliphatic heterocycles. The van der Waals surface area contributed by atoms with E-state index in [0.29, 0.717) is 17.1 Å². The van der Waals surface area contributed by atoms with Crippen LogP contribution in [-0.2, 0) is 11.3 Å². The molecule has 0 bridgehead atoms. The van der Waals surface area contributed by atoms with Crippen LogP contribution >= 0.6 is 34.3 Å². The summed E-state index contributed by atoms with van der Waals surface area (Å²) in [5.41, 5.74) is 14.6. The Morgan fingerprint density at radius 3 is 2.73 bits per heavy atom. The van der Waals surface area contributed by atoms with Gasteiger partial charge in [-0.05, 0) is 48.6 Å². The molecule has 3 aromatic heterocycles. The molecule has 30 heavy (non-hydrogen) atoms. The summed E-state index contributed by atoms with van der Waals surface area (Å²) in [6.07, 6.45) is 4.39. The summed E-state index contributed by atoms with van der Waals surface area (Å²) in [6, 6.07) is 6.21. The molecular formula is C22H29ClN4OS2. The highest BCUT2D eigenvalue weighted by Crippen LogP contribution is 2.33. The number of thiophene rings is 2. The molecule has 0 spiro atoms. The predicted molar refractivity (Wildman–Crippen MR) is 131 cm³/mol. The van der Waals surface area contributed by atoms with E-state index in [1.54, 1.807) is 22.7 Å². The van der Waals surface area contributed by atoms with Crippen LogP contribution in [0.3, 0.4) is 0 Å². The van der Waals surface area contributed by atoms with Crippen molar-refractivity contribution in [2.24, 2.45) is 11.5 Å². The average Bonchev–Trinajstić information content (AvgIpc) is 3.38. The van der Waals surface area contributed by atoms with Gasteiger partial charge in [0.2, 0.25) is 5.91 Å². The van der Waals surface area contributed by atoms with E-state index >= 15 is 0 Å². The standard InChI is InChI=1S/C13H11ClN2S2.C7H12N2O.C2H6/c1-8-7-18-13-10(5-11(14)16-12(8)13)15-6-9-3-2-4-17-9;8-6-3-1-2-5(4-6)7(9)10;1-2/h2-5,7H,6H2,1H3,(H,15,16);2,6H,1,3-4,8H2,(H2,9,10);1-2H3. The van der Waals surface area contributed by atoms with Gasteiger partial charge in [-0.1, -0.05) is 37.6 Å². The summed E-state index contributed by atoms with van der Waals surface area (Å²) in [5.74, 6) is -0.324. The number of pyridine rings is 1. The highest BCUT2D eigenvalue weighted by molar-refractivity contribution is 7.18. The molecule has 3 heterocycles. The summed E-state index contributed by atoms with van der Waals surface area (Å²) < 4.78 is 1.17. The van der Waals surface area contributed by atoms with Crippen LogP contribution in [0.5, 0.6) is 0 Å². The third kappa shape index (κ3) is 6.80. The van der Waals surface area contributed by atoms with Gasteiger partial charge in [0.15, 0.2) is 0 Å². The van der Waals surface area contributed by atoms with Crippen molar-refractivity contribution in [3.63, 3.8) is 0 Å². The van der Waals surface area contributed by atoms with Crippen molar-refractivity contribution >= 4 is 56.1 Å². The number of allylic oxidation sites excluding steroid dienone is 1. The van der Waals surface area contributed by atoms with E-state index in [9.17, 15) is 4.79 Å². The first-order valence-corrected chi connectivity index (χ1v) is 12.1. The SMILES string of the molecule is CC.Cc1csc2c(NCc3cccs3)cc(Cl)nc12.NC(=O)C1=CCCC(N)C1. The van der Waals surface area contributed by atoms with E-state index in [4.69, 9.17) is 23.1 Å². The van der Waals surface area contributed by atoms with E-state index in [-0.39, 0.29) is 11.9 Å². The van der Waals surface area contributed by atoms with E-state index in [1.807, 2.05) is 26.0 Å². The van der Waals surface area contributed by atoms with Crippen molar-refractivity contribution in [3.05, 3.63) is 56.2 Å². The number of nitrogens with zero attached hydrogens (tertiary/aromatic N) is 1. The second kappa shape index (κ2) is 12.1. The minimum absolute atomic E-state index is 0.132. The Morgan fingerprint density at radius 2 is 2.13 bits per heavy atom. The Morgan fingerprint density at radius 1 is 1.37 bits per heavy atom. The number of anilines is 1. The summed E-state index contributed by atoms with van der Waals surface area (Å²) in [7, 11) is 0. The monoisotopic (exact) mass is 464 g/mol. The van der Waals surface area contributed by atoms with Crippen molar-refractivity contribution in [2.75, 3.05) is 5.32 Å². The number of carbonyl (C=O) groups is 1. The number of aryl methyl sites for hydroxylation is 1. The van der Waals surface area contributed by atoms with Gasteiger partial charge in [-0.25, -0.2) is 4.98 Å². The molecule has 0 radical (unpaired) electrons. The Balaban J connectivity index is 0.000000228. The van der Waals surface area contributed by atoms with Crippen molar-refractivity contribution in [2.45, 2.75) is 52.6 Å². The lowest BCUT2D eigenvalue weighted by Gasteiger charge is -2.16. The molecule has 0 saturated carbocycles. The van der Waals surface area contributed by atoms with Gasteiger partial charge in [0.1, 0.15) is 5.15 Å². The lowest BCUT2D eigenvalue weighted by atomic mass is 9.95. The fourth-order valence-electron chi connectivity index (χ4n) is 2.96. The number of primary amides is 1. The maximum Gasteiger partial charge on any atom is 0.244 e. The molecule has 5 N–H and O–H groups in total. The summed E-state index contributed by atoms with van der Waals surface area (Å²) in [5, 5.41) is 8.18. The second-order valence-corrected chi connectivity index (χ2v) is 8.96. The number of hydrogen-bond donors (Lipinski definition) is 3. The van der Waals surface area contributed by atoms with E-state index in [2.05, 4.69) is 40.1 Å². The van der Waals surface area contributed by atoms with Gasteiger partial charge in [0, 0.05) is 29.1 Å². The Kier molecular flexibility index (Phi) is 9.78. The van der Waals surface area contributed by atoms with Gasteiger partial charge < -0.3 is 16.8 Å². The molecule has 0 saturated heterocycles. The molecule has 3 aromatic rings. The molecule has 0 aromatic carbocycles. The van der Waals surface area contributed by atoms with Crippen molar-refractivity contribution < 1.29 is 4.79 Å². The molecule has 1 atom stereocenters. The number of fused-ring (bicyclic) bond motifs is 1. The van der Waals surface area contributed by atoms with Gasteiger partial charge >= 0.3 is 0 Å². The van der Waals surface area contributed by atoms with Gasteiger partial charge in [0.05, 0.1) is 15.9 Å². The predicted octanol–water partition coefficient (Wildman–Crippen LogP) is 5.87. The van der Waals surface area contributed by atoms with Gasteiger partial charge in [-0.2, -0.15) is 0 Å². The largest absolute Gasteiger partial charge is 0.379 e. The number of rotatable bonds is 4. The number of amides is 1. The van der Waals surface area contributed by atoms with Crippen LogP contribution in [0, 0.1) is 6.92 Å². The third-order valence-electron chi connectivity index (χ3n) is 4.43. The molecule has 1 amide bonds. The van der Waals surface area contributed by atoms with E-state index in [1.165, 1.54) is 15.1 Å². The van der Waals surface area contributed by atoms with Crippen LogP contribution in [0.4, 0.5) is 5.69 Å². The maximum absolute atomic E-state index is 10.6. The van der Waals surface area contributed by atoms with Crippen LogP contribution in [-0.4, -0.2) is 16.9 Å². The van der Waals surface area contributed by atoms with Crippen LogP contribution in [0.1, 0.15) is 43.6 Å². The lowest BCUT2D eigenvalue weighted by Crippen LogP contribution is -2.27. The zero-order valence-electron chi connectivity index (χ0n) is 17.6. The topological polar surface area (TPSA) is 94.0 Å². The summed E-state index contributed by atoms with van der Waals surface area (Å²) >= 11 is 9.52. The lowest BCUT2D eigenvalue weighted by molar-refractivity contribution is -0.114. The number of aromatic nitrogens is 1. The average molecular weight is 465 g/mol.